The third kappa shape index (κ3) is 14.9. The van der Waals surface area contributed by atoms with Crippen molar-refractivity contribution in [2.45, 2.75) is 102 Å². The van der Waals surface area contributed by atoms with Crippen molar-refractivity contribution in [2.75, 3.05) is 32.2 Å². The summed E-state index contributed by atoms with van der Waals surface area (Å²) in [5.41, 5.74) is 6.50. The highest BCUT2D eigenvalue weighted by Crippen LogP contribution is 2.25. The topological polar surface area (TPSA) is 275 Å². The average Bonchev–Trinajstić information content (AvgIpc) is 3.98. The van der Waals surface area contributed by atoms with E-state index in [9.17, 15) is 28.6 Å². The molecule has 1 aromatic carbocycles. The summed E-state index contributed by atoms with van der Waals surface area (Å²) in [6, 6.07) is 10.9. The van der Waals surface area contributed by atoms with Crippen molar-refractivity contribution in [1.82, 2.24) is 29.8 Å². The highest BCUT2D eigenvalue weighted by Gasteiger charge is 2.35. The smallest absolute Gasteiger partial charge is 0.382 e. The van der Waals surface area contributed by atoms with Gasteiger partial charge in [0.1, 0.15) is 24.1 Å². The summed E-state index contributed by atoms with van der Waals surface area (Å²) in [6.07, 6.45) is 4.31. The van der Waals surface area contributed by atoms with Gasteiger partial charge in [0.05, 0.1) is 74.0 Å². The van der Waals surface area contributed by atoms with Crippen LogP contribution in [0.15, 0.2) is 66.0 Å². The standard InChI is InChI=1S/C13H18O5S.C9H13N3O4.C9H15N3O2.C3H3N3O2.H2/c1-10-4-6-12(7-5-10)19(14,15)17-9-11-8-16-13(2,3)18-11;1-9(2)15-6-7(16-9)5-11-4-3-8(10-11)12(13)14;1-9(2)13-6-7(14-9)5-12-4-3-8(10)11-12;7-6(8)3-1-2-4-5-3;/h4-7,11H,8-9H2,1-3H3;3-4,7H,5-6H2,1-2H3;3-4,7H,5-6H2,1-2H3,(H2,10,11);1-2H,(H,4,5);1H/t11-;2*7-;;/m011../s1. The fraction of sp³-hybridized carbons (Fsp3) is 0.559. The number of hydrogen-bond donors (Lipinski definition) is 2. The second-order valence-corrected chi connectivity index (χ2v) is 15.8. The molecule has 0 aliphatic carbocycles. The number of nitrogen functional groups attached to an aromatic ring is 1. The summed E-state index contributed by atoms with van der Waals surface area (Å²) < 4.78 is 65.0. The largest absolute Gasteiger partial charge is 0.389 e. The number of aromatic nitrogens is 6. The van der Waals surface area contributed by atoms with Gasteiger partial charge in [-0.15, -0.1) is 5.10 Å². The van der Waals surface area contributed by atoms with Crippen LogP contribution >= 0.6 is 0 Å². The van der Waals surface area contributed by atoms with E-state index in [4.69, 9.17) is 38.3 Å². The molecule has 4 aromatic rings. The van der Waals surface area contributed by atoms with Crippen LogP contribution in [0.5, 0.6) is 0 Å². The molecule has 3 N–H and O–H groups in total. The fourth-order valence-electron chi connectivity index (χ4n) is 5.29. The van der Waals surface area contributed by atoms with Gasteiger partial charge in [-0.3, -0.25) is 8.86 Å². The number of nitrogens with zero attached hydrogens (tertiary/aromatic N) is 7. The van der Waals surface area contributed by atoms with E-state index < -0.39 is 37.3 Å². The van der Waals surface area contributed by atoms with Crippen LogP contribution in [0.3, 0.4) is 0 Å². The van der Waals surface area contributed by atoms with E-state index in [0.29, 0.717) is 38.7 Å². The van der Waals surface area contributed by atoms with Crippen molar-refractivity contribution in [2.24, 2.45) is 0 Å². The Balaban J connectivity index is 0.000000213. The molecule has 0 amide bonds. The van der Waals surface area contributed by atoms with Gasteiger partial charge in [-0.2, -0.15) is 18.2 Å². The van der Waals surface area contributed by atoms with Gasteiger partial charge in [-0.1, -0.05) is 22.8 Å². The van der Waals surface area contributed by atoms with E-state index in [1.807, 2.05) is 40.8 Å². The maximum atomic E-state index is 11.9. The normalized spacial score (nSPS) is 21.6. The zero-order valence-electron chi connectivity index (χ0n) is 32.7. The molecule has 3 aromatic heterocycles. The molecule has 0 radical (unpaired) electrons. The lowest BCUT2D eigenvalue weighted by Gasteiger charge is -2.17. The van der Waals surface area contributed by atoms with Crippen molar-refractivity contribution >= 4 is 27.6 Å². The zero-order chi connectivity index (χ0) is 42.0. The van der Waals surface area contributed by atoms with Crippen LogP contribution in [-0.4, -0.2) is 110 Å². The van der Waals surface area contributed by atoms with Crippen molar-refractivity contribution in [3.8, 4) is 0 Å². The van der Waals surface area contributed by atoms with E-state index >= 15 is 0 Å². The number of H-pyrrole nitrogens is 1. The van der Waals surface area contributed by atoms with Crippen molar-refractivity contribution in [3.63, 3.8) is 0 Å². The molecule has 0 spiro atoms. The maximum absolute atomic E-state index is 11.9. The lowest BCUT2D eigenvalue weighted by atomic mass is 10.2. The Morgan fingerprint density at radius 2 is 1.32 bits per heavy atom. The molecule has 7 rings (SSSR count). The number of nitro groups is 2. The Labute approximate surface area is 330 Å². The molecule has 3 atom stereocenters. The molecule has 57 heavy (non-hydrogen) atoms. The molecule has 0 bridgehead atoms. The number of rotatable bonds is 10. The van der Waals surface area contributed by atoms with Crippen LogP contribution < -0.4 is 5.73 Å². The third-order valence-corrected chi connectivity index (χ3v) is 9.16. The van der Waals surface area contributed by atoms with Gasteiger partial charge < -0.3 is 54.4 Å². The number of anilines is 1. The lowest BCUT2D eigenvalue weighted by Crippen LogP contribution is -2.25. The summed E-state index contributed by atoms with van der Waals surface area (Å²) >= 11 is 0. The summed E-state index contributed by atoms with van der Waals surface area (Å²) in [6.45, 7) is 15.4. The Hall–Kier alpha value is -4.88. The first-order valence-corrected chi connectivity index (χ1v) is 19.0. The molecular formula is C34H51N9O13S. The number of nitrogens with one attached hydrogen (secondary N) is 1. The summed E-state index contributed by atoms with van der Waals surface area (Å²) in [7, 11) is -3.74. The quantitative estimate of drug-likeness (QED) is 0.130. The van der Waals surface area contributed by atoms with Crippen LogP contribution in [0.2, 0.25) is 0 Å². The van der Waals surface area contributed by atoms with Gasteiger partial charge >= 0.3 is 11.6 Å². The molecule has 0 saturated carbocycles. The minimum Gasteiger partial charge on any atom is -0.382 e. The summed E-state index contributed by atoms with van der Waals surface area (Å²) in [4.78, 5) is 19.3. The average molecular weight is 826 g/mol. The predicted molar refractivity (Wildman–Crippen MR) is 202 cm³/mol. The summed E-state index contributed by atoms with van der Waals surface area (Å²) in [5.74, 6) is -1.43. The van der Waals surface area contributed by atoms with Gasteiger partial charge in [0.15, 0.2) is 17.4 Å². The van der Waals surface area contributed by atoms with Crippen molar-refractivity contribution in [3.05, 3.63) is 86.8 Å². The Morgan fingerprint density at radius 3 is 1.70 bits per heavy atom. The van der Waals surface area contributed by atoms with Crippen molar-refractivity contribution < 1.29 is 52.3 Å². The molecule has 3 fully saturated rings. The van der Waals surface area contributed by atoms with E-state index in [0.717, 1.165) is 5.56 Å². The Kier molecular flexibility index (Phi) is 15.0. The van der Waals surface area contributed by atoms with Crippen molar-refractivity contribution in [1.29, 1.82) is 0 Å². The van der Waals surface area contributed by atoms with E-state index in [-0.39, 0.29) is 42.9 Å². The maximum Gasteiger partial charge on any atom is 0.389 e. The van der Waals surface area contributed by atoms with Crippen LogP contribution in [0.25, 0.3) is 0 Å². The number of aromatic amines is 1. The molecule has 3 aliphatic heterocycles. The highest BCUT2D eigenvalue weighted by molar-refractivity contribution is 7.86. The summed E-state index contributed by atoms with van der Waals surface area (Å²) in [5, 5.41) is 33.7. The minimum atomic E-state index is -3.74. The Morgan fingerprint density at radius 1 is 0.807 bits per heavy atom. The van der Waals surface area contributed by atoms with Crippen LogP contribution in [-0.2, 0) is 55.8 Å². The van der Waals surface area contributed by atoms with Crippen LogP contribution in [0.4, 0.5) is 17.5 Å². The lowest BCUT2D eigenvalue weighted by molar-refractivity contribution is -0.389. The van der Waals surface area contributed by atoms with E-state index in [1.54, 1.807) is 42.9 Å². The zero-order valence-corrected chi connectivity index (χ0v) is 33.5. The SMILES string of the molecule is CC1(C)OC[C@@H](Cn2ccc(N)n2)O1.CC1(C)OC[C@@H](Cn2ccc([N+](=O)[O-])n2)O1.Cc1ccc(S(=O)(=O)OC[C@@H]2COC(C)(C)O2)cc1.O=[N+]([O-])c1ccn[nH]1.[HH]. The van der Waals surface area contributed by atoms with Gasteiger partial charge in [-0.25, -0.2) is 0 Å². The molecular weight excluding hydrogens is 774 g/mol. The van der Waals surface area contributed by atoms with Gasteiger partial charge in [0, 0.05) is 7.62 Å². The molecule has 3 aliphatic rings. The number of nitrogens with two attached hydrogens (primary N) is 1. The highest BCUT2D eigenvalue weighted by atomic mass is 32.2. The molecule has 23 heteroatoms. The molecule has 6 heterocycles. The van der Waals surface area contributed by atoms with Crippen LogP contribution in [0, 0.1) is 27.2 Å². The van der Waals surface area contributed by atoms with Gasteiger partial charge in [-0.05, 0) is 76.5 Å². The third-order valence-electron chi connectivity index (χ3n) is 7.86. The number of hydrogen-bond acceptors (Lipinski definition) is 17. The molecule has 22 nitrogen and oxygen atoms in total. The first-order chi connectivity index (χ1) is 26.6. The van der Waals surface area contributed by atoms with Gasteiger partial charge in [0.2, 0.25) is 0 Å². The number of ether oxygens (including phenoxy) is 6. The second-order valence-electron chi connectivity index (χ2n) is 14.2. The van der Waals surface area contributed by atoms with Gasteiger partial charge in [0.25, 0.3) is 10.1 Å². The molecule has 0 unspecified atom stereocenters. The first-order valence-electron chi connectivity index (χ1n) is 17.6. The molecule has 316 valence electrons. The van der Waals surface area contributed by atoms with Crippen LogP contribution in [0.1, 0.15) is 48.5 Å². The first kappa shape index (κ1) is 44.8. The predicted octanol–water partition coefficient (Wildman–Crippen LogP) is 3.98. The number of benzene rings is 1. The monoisotopic (exact) mass is 825 g/mol. The fourth-order valence-corrected chi connectivity index (χ4v) is 6.22. The molecule has 3 saturated heterocycles. The Bertz CT molecular complexity index is 2010. The minimum absolute atomic E-state index is 0. The van der Waals surface area contributed by atoms with E-state index in [2.05, 4.69) is 20.4 Å². The van der Waals surface area contributed by atoms with E-state index in [1.165, 1.54) is 35.1 Å². The number of aryl methyl sites for hydroxylation is 1. The second kappa shape index (κ2) is 19.0.